The molecule has 9 heteroatoms. The monoisotopic (exact) mass is 362 g/mol. The summed E-state index contributed by atoms with van der Waals surface area (Å²) in [7, 11) is -2.29. The molecule has 1 aromatic carbocycles. The third-order valence-corrected chi connectivity index (χ3v) is 4.61. The average Bonchev–Trinajstić information content (AvgIpc) is 2.30. The van der Waals surface area contributed by atoms with Crippen LogP contribution in [0.5, 0.6) is 5.75 Å². The van der Waals surface area contributed by atoms with Crippen LogP contribution >= 0.6 is 35.6 Å². The van der Waals surface area contributed by atoms with Crippen molar-refractivity contribution < 1.29 is 13.2 Å². The van der Waals surface area contributed by atoms with Gasteiger partial charge in [0.2, 0.25) is 10.0 Å². The lowest BCUT2D eigenvalue weighted by Crippen LogP contribution is -2.29. The van der Waals surface area contributed by atoms with Crippen LogP contribution in [0.4, 0.5) is 0 Å². The minimum absolute atomic E-state index is 0. The van der Waals surface area contributed by atoms with E-state index in [9.17, 15) is 8.42 Å². The minimum Gasteiger partial charge on any atom is -0.495 e. The van der Waals surface area contributed by atoms with Gasteiger partial charge in [0.15, 0.2) is 0 Å². The molecule has 0 amide bonds. The van der Waals surface area contributed by atoms with Gasteiger partial charge in [0, 0.05) is 18.7 Å². The van der Waals surface area contributed by atoms with Gasteiger partial charge in [-0.25, -0.2) is 13.1 Å². The van der Waals surface area contributed by atoms with Crippen LogP contribution in [0.1, 0.15) is 13.3 Å². The number of benzene rings is 1. The highest BCUT2D eigenvalue weighted by atomic mass is 35.5. The van der Waals surface area contributed by atoms with Crippen molar-refractivity contribution in [3.63, 3.8) is 0 Å². The van der Waals surface area contributed by atoms with Crippen LogP contribution in [0, 0.1) is 0 Å². The quantitative estimate of drug-likeness (QED) is 0.813. The Kier molecular flexibility index (Phi) is 8.16. The average molecular weight is 364 g/mol. The van der Waals surface area contributed by atoms with E-state index in [1.807, 2.05) is 0 Å². The van der Waals surface area contributed by atoms with Gasteiger partial charge >= 0.3 is 0 Å². The Morgan fingerprint density at radius 2 is 1.95 bits per heavy atom. The third kappa shape index (κ3) is 5.27. The van der Waals surface area contributed by atoms with E-state index in [0.717, 1.165) is 0 Å². The van der Waals surface area contributed by atoms with Crippen molar-refractivity contribution in [2.24, 2.45) is 5.73 Å². The fraction of sp³-hybridized carbons (Fsp3) is 0.455. The van der Waals surface area contributed by atoms with Crippen molar-refractivity contribution in [3.8, 4) is 5.75 Å². The normalized spacial score (nSPS) is 12.7. The Morgan fingerprint density at radius 1 is 1.35 bits per heavy atom. The third-order valence-electron chi connectivity index (χ3n) is 2.39. The highest BCUT2D eigenvalue weighted by molar-refractivity contribution is 7.89. The molecule has 0 saturated carbocycles. The van der Waals surface area contributed by atoms with E-state index in [4.69, 9.17) is 33.7 Å². The summed E-state index contributed by atoms with van der Waals surface area (Å²) in [4.78, 5) is -0.0790. The Morgan fingerprint density at radius 3 is 2.45 bits per heavy atom. The minimum atomic E-state index is -3.71. The molecule has 20 heavy (non-hydrogen) atoms. The number of sulfonamides is 1. The number of nitrogens with one attached hydrogen (secondary N) is 1. The maximum absolute atomic E-state index is 12.1. The topological polar surface area (TPSA) is 81.4 Å². The lowest BCUT2D eigenvalue weighted by molar-refractivity contribution is 0.414. The zero-order chi connectivity index (χ0) is 14.6. The van der Waals surface area contributed by atoms with Crippen molar-refractivity contribution in [2.45, 2.75) is 24.3 Å². The Hall–Kier alpha value is -0.240. The summed E-state index contributed by atoms with van der Waals surface area (Å²) < 4.78 is 31.5. The van der Waals surface area contributed by atoms with Gasteiger partial charge in [0.1, 0.15) is 10.6 Å². The van der Waals surface area contributed by atoms with Crippen LogP contribution in [0.25, 0.3) is 0 Å². The molecule has 0 fully saturated rings. The van der Waals surface area contributed by atoms with Crippen LogP contribution < -0.4 is 15.2 Å². The van der Waals surface area contributed by atoms with E-state index < -0.39 is 10.0 Å². The molecule has 5 nitrogen and oxygen atoms in total. The first-order chi connectivity index (χ1) is 8.77. The molecule has 0 aromatic heterocycles. The molecule has 1 rings (SSSR count). The molecule has 0 radical (unpaired) electrons. The molecule has 0 aliphatic rings. The molecular formula is C11H17Cl3N2O3S. The van der Waals surface area contributed by atoms with E-state index >= 15 is 0 Å². The van der Waals surface area contributed by atoms with Crippen molar-refractivity contribution >= 4 is 45.6 Å². The number of methoxy groups -OCH3 is 1. The predicted molar refractivity (Wildman–Crippen MR) is 83.7 cm³/mol. The highest BCUT2D eigenvalue weighted by Gasteiger charge is 2.20. The summed E-state index contributed by atoms with van der Waals surface area (Å²) in [6, 6.07) is 2.54. The molecule has 1 aromatic rings. The molecule has 3 N–H and O–H groups in total. The lowest BCUT2D eigenvalue weighted by Gasteiger charge is -2.11. The smallest absolute Gasteiger partial charge is 0.242 e. The largest absolute Gasteiger partial charge is 0.495 e. The maximum atomic E-state index is 12.1. The van der Waals surface area contributed by atoms with Crippen molar-refractivity contribution in [2.75, 3.05) is 13.7 Å². The SMILES string of the molecule is COc1cc(Cl)c(S(=O)(=O)NCCC(C)N)cc1Cl.Cl. The van der Waals surface area contributed by atoms with E-state index in [2.05, 4.69) is 4.72 Å². The Labute approximate surface area is 135 Å². The Balaban J connectivity index is 0.00000361. The summed E-state index contributed by atoms with van der Waals surface area (Å²) in [5, 5.41) is 0.231. The van der Waals surface area contributed by atoms with Gasteiger partial charge in [0.05, 0.1) is 17.2 Å². The zero-order valence-electron chi connectivity index (χ0n) is 11.0. The molecule has 0 saturated heterocycles. The molecule has 1 unspecified atom stereocenters. The molecule has 0 aliphatic carbocycles. The second kappa shape index (κ2) is 8.26. The standard InChI is InChI=1S/C11H16Cl2N2O3S.ClH/c1-7(14)3-4-15-19(16,17)11-6-8(12)10(18-2)5-9(11)13;/h5-7,15H,3-4,14H2,1-2H3;1H. The van der Waals surface area contributed by atoms with Crippen molar-refractivity contribution in [3.05, 3.63) is 22.2 Å². The number of nitrogens with two attached hydrogens (primary N) is 1. The Bertz CT molecular complexity index is 550. The second-order valence-electron chi connectivity index (χ2n) is 4.08. The number of hydrogen-bond donors (Lipinski definition) is 2. The van der Waals surface area contributed by atoms with Gasteiger partial charge in [-0.15, -0.1) is 12.4 Å². The van der Waals surface area contributed by atoms with E-state index in [-0.39, 0.29) is 39.9 Å². The second-order valence-corrected chi connectivity index (χ2v) is 6.63. The predicted octanol–water partition coefficient (Wildman–Crippen LogP) is 2.44. The van der Waals surface area contributed by atoms with Crippen LogP contribution in [-0.4, -0.2) is 28.1 Å². The summed E-state index contributed by atoms with van der Waals surface area (Å²) in [6.07, 6.45) is 0.529. The molecule has 116 valence electrons. The summed E-state index contributed by atoms with van der Waals surface area (Å²) in [5.41, 5.74) is 5.55. The fourth-order valence-corrected chi connectivity index (χ4v) is 3.27. The van der Waals surface area contributed by atoms with Crippen molar-refractivity contribution in [1.29, 1.82) is 0 Å². The van der Waals surface area contributed by atoms with Gasteiger partial charge < -0.3 is 10.5 Å². The molecule has 0 spiro atoms. The van der Waals surface area contributed by atoms with Gasteiger partial charge in [0.25, 0.3) is 0 Å². The fourth-order valence-electron chi connectivity index (χ4n) is 1.37. The van der Waals surface area contributed by atoms with E-state index in [1.54, 1.807) is 6.92 Å². The maximum Gasteiger partial charge on any atom is 0.242 e. The van der Waals surface area contributed by atoms with Crippen LogP contribution in [0.3, 0.4) is 0 Å². The molecule has 0 aliphatic heterocycles. The first kappa shape index (κ1) is 19.8. The number of hydrogen-bond acceptors (Lipinski definition) is 4. The van der Waals surface area contributed by atoms with E-state index in [1.165, 1.54) is 19.2 Å². The first-order valence-corrected chi connectivity index (χ1v) is 7.80. The summed E-state index contributed by atoms with van der Waals surface area (Å²) in [5.74, 6) is 0.321. The highest BCUT2D eigenvalue weighted by Crippen LogP contribution is 2.33. The summed E-state index contributed by atoms with van der Waals surface area (Å²) in [6.45, 7) is 2.03. The zero-order valence-corrected chi connectivity index (χ0v) is 14.2. The number of rotatable bonds is 6. The molecule has 1 atom stereocenters. The summed E-state index contributed by atoms with van der Waals surface area (Å²) >= 11 is 11.8. The van der Waals surface area contributed by atoms with Crippen LogP contribution in [-0.2, 0) is 10.0 Å². The van der Waals surface area contributed by atoms with Crippen molar-refractivity contribution in [1.82, 2.24) is 4.72 Å². The molecule has 0 bridgehead atoms. The van der Waals surface area contributed by atoms with Gasteiger partial charge in [-0.2, -0.15) is 0 Å². The number of ether oxygens (including phenoxy) is 1. The van der Waals surface area contributed by atoms with Gasteiger partial charge in [-0.3, -0.25) is 0 Å². The molecule has 0 heterocycles. The molecular weight excluding hydrogens is 347 g/mol. The first-order valence-electron chi connectivity index (χ1n) is 5.56. The van der Waals surface area contributed by atoms with E-state index in [0.29, 0.717) is 12.2 Å². The van der Waals surface area contributed by atoms with Crippen LogP contribution in [0.2, 0.25) is 10.0 Å². The van der Waals surface area contributed by atoms with Crippen LogP contribution in [0.15, 0.2) is 17.0 Å². The number of halogens is 3. The lowest BCUT2D eigenvalue weighted by atomic mass is 10.3. The van der Waals surface area contributed by atoms with Gasteiger partial charge in [-0.05, 0) is 19.4 Å². The van der Waals surface area contributed by atoms with Gasteiger partial charge in [-0.1, -0.05) is 23.2 Å².